The second kappa shape index (κ2) is 11.4. The van der Waals surface area contributed by atoms with Crippen LogP contribution in [0.3, 0.4) is 0 Å². The smallest absolute Gasteiger partial charge is 0.240 e. The van der Waals surface area contributed by atoms with E-state index in [9.17, 15) is 13.2 Å². The van der Waals surface area contributed by atoms with E-state index >= 15 is 0 Å². The lowest BCUT2D eigenvalue weighted by molar-refractivity contribution is -0.120. The van der Waals surface area contributed by atoms with Crippen molar-refractivity contribution in [3.63, 3.8) is 0 Å². The molecule has 0 saturated heterocycles. The predicted molar refractivity (Wildman–Crippen MR) is 91.1 cm³/mol. The van der Waals surface area contributed by atoms with Gasteiger partial charge in [0.2, 0.25) is 15.9 Å². The quantitative estimate of drug-likeness (QED) is 0.517. The molecule has 0 saturated carbocycles. The highest BCUT2D eigenvalue weighted by molar-refractivity contribution is 7.89. The van der Waals surface area contributed by atoms with Crippen LogP contribution in [0.25, 0.3) is 0 Å². The van der Waals surface area contributed by atoms with Crippen molar-refractivity contribution in [2.45, 2.75) is 18.4 Å². The lowest BCUT2D eigenvalue weighted by Crippen LogP contribution is -2.34. The van der Waals surface area contributed by atoms with Crippen molar-refractivity contribution in [1.82, 2.24) is 15.4 Å². The monoisotopic (exact) mass is 365 g/mol. The van der Waals surface area contributed by atoms with Gasteiger partial charge in [0.05, 0.1) is 18.0 Å². The molecule has 0 aliphatic carbocycles. The Bertz CT molecular complexity index is 564. The van der Waals surface area contributed by atoms with E-state index in [-0.39, 0.29) is 29.8 Å². The van der Waals surface area contributed by atoms with Gasteiger partial charge in [-0.1, -0.05) is 19.1 Å². The number of hydrogen-bond donors (Lipinski definition) is 3. The molecule has 1 amide bonds. The topological polar surface area (TPSA) is 96.5 Å². The second-order valence-corrected chi connectivity index (χ2v) is 6.36. The fraction of sp³-hybridized carbons (Fsp3) is 0.500. The molecule has 0 aliphatic heterocycles. The molecule has 7 nitrogen and oxygen atoms in total. The molecule has 9 heteroatoms. The summed E-state index contributed by atoms with van der Waals surface area (Å²) in [4.78, 5) is 11.8. The number of hydrogen-bond acceptors (Lipinski definition) is 5. The van der Waals surface area contributed by atoms with Crippen LogP contribution in [0.4, 0.5) is 0 Å². The third kappa shape index (κ3) is 8.29. The molecule has 132 valence electrons. The van der Waals surface area contributed by atoms with Crippen LogP contribution in [-0.4, -0.2) is 47.7 Å². The summed E-state index contributed by atoms with van der Waals surface area (Å²) in [6.07, 6.45) is 0. The number of nitrogens with one attached hydrogen (secondary N) is 3. The fourth-order valence-corrected chi connectivity index (χ4v) is 2.74. The average Bonchev–Trinajstić information content (AvgIpc) is 2.50. The lowest BCUT2D eigenvalue weighted by Gasteiger charge is -2.08. The van der Waals surface area contributed by atoms with Crippen molar-refractivity contribution in [2.75, 3.05) is 33.4 Å². The van der Waals surface area contributed by atoms with Gasteiger partial charge in [-0.15, -0.1) is 12.4 Å². The SMILES string of the molecule is CCNS(=O)(=O)c1ccc(CNC(=O)CNCCOC)cc1.Cl. The van der Waals surface area contributed by atoms with Gasteiger partial charge in [-0.2, -0.15) is 0 Å². The largest absolute Gasteiger partial charge is 0.383 e. The molecule has 3 N–H and O–H groups in total. The normalized spacial score (nSPS) is 10.9. The summed E-state index contributed by atoms with van der Waals surface area (Å²) >= 11 is 0. The van der Waals surface area contributed by atoms with E-state index in [0.29, 0.717) is 26.2 Å². The van der Waals surface area contributed by atoms with Crippen molar-refractivity contribution < 1.29 is 17.9 Å². The minimum atomic E-state index is -3.44. The minimum Gasteiger partial charge on any atom is -0.383 e. The molecule has 0 spiro atoms. The molecule has 0 atom stereocenters. The molecular formula is C14H24ClN3O4S. The lowest BCUT2D eigenvalue weighted by atomic mass is 10.2. The van der Waals surface area contributed by atoms with E-state index in [1.807, 2.05) is 0 Å². The van der Waals surface area contributed by atoms with Crippen molar-refractivity contribution in [2.24, 2.45) is 0 Å². The Morgan fingerprint density at radius 1 is 1.22 bits per heavy atom. The van der Waals surface area contributed by atoms with E-state index in [0.717, 1.165) is 5.56 Å². The molecular weight excluding hydrogens is 342 g/mol. The van der Waals surface area contributed by atoms with Gasteiger partial charge in [0.25, 0.3) is 0 Å². The van der Waals surface area contributed by atoms with Gasteiger partial charge < -0.3 is 15.4 Å². The summed E-state index contributed by atoms with van der Waals surface area (Å²) in [6, 6.07) is 6.42. The standard InChI is InChI=1S/C14H23N3O4S.ClH/c1-3-17-22(19,20)13-6-4-12(5-7-13)10-16-14(18)11-15-8-9-21-2;/h4-7,15,17H,3,8-11H2,1-2H3,(H,16,18);1H. The van der Waals surface area contributed by atoms with Crippen molar-refractivity contribution >= 4 is 28.3 Å². The average molecular weight is 366 g/mol. The summed E-state index contributed by atoms with van der Waals surface area (Å²) in [5.41, 5.74) is 0.834. The molecule has 0 radical (unpaired) electrons. The number of sulfonamides is 1. The number of rotatable bonds is 10. The highest BCUT2D eigenvalue weighted by Gasteiger charge is 2.11. The molecule has 0 fully saturated rings. The van der Waals surface area contributed by atoms with Crippen LogP contribution in [-0.2, 0) is 26.1 Å². The van der Waals surface area contributed by atoms with Gasteiger partial charge in [-0.05, 0) is 17.7 Å². The molecule has 1 aromatic rings. The summed E-state index contributed by atoms with van der Waals surface area (Å²) in [6.45, 7) is 3.80. The zero-order valence-electron chi connectivity index (χ0n) is 13.3. The van der Waals surface area contributed by atoms with E-state index in [1.54, 1.807) is 26.2 Å². The maximum absolute atomic E-state index is 11.8. The van der Waals surface area contributed by atoms with Crippen LogP contribution in [0.2, 0.25) is 0 Å². The Morgan fingerprint density at radius 3 is 2.43 bits per heavy atom. The minimum absolute atomic E-state index is 0. The van der Waals surface area contributed by atoms with E-state index in [4.69, 9.17) is 4.74 Å². The maximum atomic E-state index is 11.8. The first-order valence-corrected chi connectivity index (χ1v) is 8.53. The predicted octanol–water partition coefficient (Wildman–Crippen LogP) is 0.259. The zero-order valence-corrected chi connectivity index (χ0v) is 14.9. The highest BCUT2D eigenvalue weighted by Crippen LogP contribution is 2.10. The maximum Gasteiger partial charge on any atom is 0.240 e. The summed E-state index contributed by atoms with van der Waals surface area (Å²) in [5.74, 6) is -0.125. The van der Waals surface area contributed by atoms with Gasteiger partial charge >= 0.3 is 0 Å². The molecule has 0 aromatic heterocycles. The van der Waals surface area contributed by atoms with Crippen molar-refractivity contribution in [3.8, 4) is 0 Å². The van der Waals surface area contributed by atoms with Crippen LogP contribution >= 0.6 is 12.4 Å². The summed E-state index contributed by atoms with van der Waals surface area (Å²) < 4.78 is 30.8. The third-order valence-corrected chi connectivity index (χ3v) is 4.39. The molecule has 0 bridgehead atoms. The fourth-order valence-electron chi connectivity index (χ4n) is 1.70. The molecule has 1 aromatic carbocycles. The first kappa shape index (κ1) is 21.8. The number of carbonyl (C=O) groups is 1. The van der Waals surface area contributed by atoms with E-state index in [2.05, 4.69) is 15.4 Å². The van der Waals surface area contributed by atoms with Crippen molar-refractivity contribution in [1.29, 1.82) is 0 Å². The van der Waals surface area contributed by atoms with Gasteiger partial charge in [0.1, 0.15) is 0 Å². The number of ether oxygens (including phenoxy) is 1. The number of carbonyl (C=O) groups excluding carboxylic acids is 1. The third-order valence-electron chi connectivity index (χ3n) is 2.83. The van der Waals surface area contributed by atoms with Crippen LogP contribution in [0.1, 0.15) is 12.5 Å². The summed E-state index contributed by atoms with van der Waals surface area (Å²) in [5, 5.41) is 5.69. The molecule has 23 heavy (non-hydrogen) atoms. The number of benzene rings is 1. The first-order valence-electron chi connectivity index (χ1n) is 7.04. The zero-order chi connectivity index (χ0) is 16.4. The number of amides is 1. The first-order chi connectivity index (χ1) is 10.5. The highest BCUT2D eigenvalue weighted by atomic mass is 35.5. The Kier molecular flexibility index (Phi) is 10.8. The van der Waals surface area contributed by atoms with Gasteiger partial charge in [-0.3, -0.25) is 4.79 Å². The van der Waals surface area contributed by atoms with Gasteiger partial charge in [0, 0.05) is 26.7 Å². The summed E-state index contributed by atoms with van der Waals surface area (Å²) in [7, 11) is -1.84. The van der Waals surface area contributed by atoms with Crippen LogP contribution in [0.5, 0.6) is 0 Å². The molecule has 0 unspecified atom stereocenters. The van der Waals surface area contributed by atoms with Crippen LogP contribution in [0.15, 0.2) is 29.2 Å². The van der Waals surface area contributed by atoms with Crippen LogP contribution in [0, 0.1) is 0 Å². The second-order valence-electron chi connectivity index (χ2n) is 4.59. The molecule has 0 heterocycles. The Balaban J connectivity index is 0.00000484. The Hall–Kier alpha value is -1.19. The van der Waals surface area contributed by atoms with E-state index < -0.39 is 10.0 Å². The molecule has 1 rings (SSSR count). The molecule has 0 aliphatic rings. The number of methoxy groups -OCH3 is 1. The number of halogens is 1. The van der Waals surface area contributed by atoms with Gasteiger partial charge in [-0.25, -0.2) is 13.1 Å². The Morgan fingerprint density at radius 2 is 1.87 bits per heavy atom. The van der Waals surface area contributed by atoms with Gasteiger partial charge in [0.15, 0.2) is 0 Å². The van der Waals surface area contributed by atoms with Crippen molar-refractivity contribution in [3.05, 3.63) is 29.8 Å². The van der Waals surface area contributed by atoms with Crippen LogP contribution < -0.4 is 15.4 Å². The Labute approximate surface area is 143 Å². The van der Waals surface area contributed by atoms with E-state index in [1.165, 1.54) is 12.1 Å².